The molecule has 0 bridgehead atoms. The number of pyridine rings is 1. The molecule has 0 saturated heterocycles. The lowest BCUT2D eigenvalue weighted by atomic mass is 9.92. The number of rotatable bonds is 4. The molecule has 3 nitrogen and oxygen atoms in total. The smallest absolute Gasteiger partial charge is 0.153 e. The van der Waals surface area contributed by atoms with Gasteiger partial charge in [0.25, 0.3) is 0 Å². The molecule has 0 saturated carbocycles. The minimum Gasteiger partial charge on any atom is -0.496 e. The fourth-order valence-corrected chi connectivity index (χ4v) is 3.42. The van der Waals surface area contributed by atoms with Gasteiger partial charge in [-0.05, 0) is 73.2 Å². The lowest BCUT2D eigenvalue weighted by Crippen LogP contribution is -2.02. The van der Waals surface area contributed by atoms with Crippen LogP contribution in [0.15, 0.2) is 60.8 Å². The maximum atomic E-state index is 6.21. The summed E-state index contributed by atoms with van der Waals surface area (Å²) in [5.74, 6) is 2.39. The molecule has 0 aliphatic heterocycles. The van der Waals surface area contributed by atoms with E-state index >= 15 is 0 Å². The zero-order valence-corrected chi connectivity index (χ0v) is 14.4. The van der Waals surface area contributed by atoms with Crippen LogP contribution in [0.5, 0.6) is 17.2 Å². The van der Waals surface area contributed by atoms with Crippen LogP contribution in [0.3, 0.4) is 0 Å². The Morgan fingerprint density at radius 3 is 2.52 bits per heavy atom. The molecule has 25 heavy (non-hydrogen) atoms. The van der Waals surface area contributed by atoms with Crippen LogP contribution in [-0.2, 0) is 12.8 Å². The number of ether oxygens (including phenoxy) is 2. The molecule has 126 valence electrons. The van der Waals surface area contributed by atoms with E-state index in [1.165, 1.54) is 30.4 Å². The lowest BCUT2D eigenvalue weighted by Gasteiger charge is -2.17. The molecule has 2 aromatic carbocycles. The zero-order valence-electron chi connectivity index (χ0n) is 14.4. The molecule has 1 heterocycles. The number of hydrogen-bond donors (Lipinski definition) is 0. The third-order valence-corrected chi connectivity index (χ3v) is 4.68. The van der Waals surface area contributed by atoms with E-state index < -0.39 is 0 Å². The number of methoxy groups -OCH3 is 1. The highest BCUT2D eigenvalue weighted by Crippen LogP contribution is 2.37. The number of aryl methyl sites for hydroxylation is 2. The van der Waals surface area contributed by atoms with Gasteiger partial charge in [-0.3, -0.25) is 4.98 Å². The molecular weight excluding hydrogens is 310 g/mol. The third kappa shape index (κ3) is 3.22. The maximum Gasteiger partial charge on any atom is 0.153 e. The highest BCUT2D eigenvalue weighted by atomic mass is 16.5. The Bertz CT molecular complexity index is 889. The van der Waals surface area contributed by atoms with E-state index in [9.17, 15) is 0 Å². The van der Waals surface area contributed by atoms with Crippen molar-refractivity contribution in [1.29, 1.82) is 0 Å². The van der Waals surface area contributed by atoms with Crippen molar-refractivity contribution in [3.8, 4) is 28.5 Å². The topological polar surface area (TPSA) is 31.4 Å². The normalized spacial score (nSPS) is 13.2. The van der Waals surface area contributed by atoms with Gasteiger partial charge in [-0.25, -0.2) is 0 Å². The summed E-state index contributed by atoms with van der Waals surface area (Å²) in [6, 6.07) is 18.2. The Labute approximate surface area is 148 Å². The second-order valence-electron chi connectivity index (χ2n) is 6.29. The van der Waals surface area contributed by atoms with Crippen LogP contribution in [0.2, 0.25) is 0 Å². The first-order valence-electron chi connectivity index (χ1n) is 8.73. The highest BCUT2D eigenvalue weighted by molar-refractivity contribution is 5.72. The van der Waals surface area contributed by atoms with Gasteiger partial charge in [0, 0.05) is 11.8 Å². The number of aromatic nitrogens is 1. The average Bonchev–Trinajstić information content (AvgIpc) is 2.68. The standard InChI is InChI=1S/C22H21NO2/c1-24-20-10-5-4-9-19(20)22-21(11-6-14-23-22)25-18-13-12-16-7-2-3-8-17(16)15-18/h4-6,9-15H,2-3,7-8H2,1H3. The van der Waals surface area contributed by atoms with Gasteiger partial charge in [-0.1, -0.05) is 18.2 Å². The van der Waals surface area contributed by atoms with Gasteiger partial charge < -0.3 is 9.47 Å². The Morgan fingerprint density at radius 2 is 1.64 bits per heavy atom. The quantitative estimate of drug-likeness (QED) is 0.639. The molecule has 1 aliphatic carbocycles. The molecule has 1 aromatic heterocycles. The van der Waals surface area contributed by atoms with Gasteiger partial charge in [0.15, 0.2) is 5.75 Å². The number of nitrogens with zero attached hydrogens (tertiary/aromatic N) is 1. The summed E-state index contributed by atoms with van der Waals surface area (Å²) >= 11 is 0. The molecule has 0 unspecified atom stereocenters. The lowest BCUT2D eigenvalue weighted by molar-refractivity contribution is 0.415. The number of fused-ring (bicyclic) bond motifs is 1. The van der Waals surface area contributed by atoms with E-state index in [2.05, 4.69) is 23.2 Å². The fourth-order valence-electron chi connectivity index (χ4n) is 3.42. The Balaban J connectivity index is 1.70. The van der Waals surface area contributed by atoms with Gasteiger partial charge in [0.2, 0.25) is 0 Å². The first kappa shape index (κ1) is 15.7. The van der Waals surface area contributed by atoms with E-state index in [-0.39, 0.29) is 0 Å². The summed E-state index contributed by atoms with van der Waals surface area (Å²) in [4.78, 5) is 4.54. The van der Waals surface area contributed by atoms with Crippen molar-refractivity contribution in [2.75, 3.05) is 7.11 Å². The van der Waals surface area contributed by atoms with Crippen molar-refractivity contribution in [3.63, 3.8) is 0 Å². The van der Waals surface area contributed by atoms with Gasteiger partial charge in [-0.15, -0.1) is 0 Å². The molecule has 0 N–H and O–H groups in total. The molecule has 4 rings (SSSR count). The van der Waals surface area contributed by atoms with E-state index in [0.29, 0.717) is 0 Å². The van der Waals surface area contributed by atoms with Crippen LogP contribution in [0, 0.1) is 0 Å². The summed E-state index contributed by atoms with van der Waals surface area (Å²) in [5, 5.41) is 0. The second kappa shape index (κ2) is 6.98. The van der Waals surface area contributed by atoms with Crippen LogP contribution in [0.4, 0.5) is 0 Å². The van der Waals surface area contributed by atoms with Crippen LogP contribution in [0.1, 0.15) is 24.0 Å². The van der Waals surface area contributed by atoms with Crippen LogP contribution in [-0.4, -0.2) is 12.1 Å². The average molecular weight is 331 g/mol. The van der Waals surface area contributed by atoms with Crippen molar-refractivity contribution in [3.05, 3.63) is 71.9 Å². The molecule has 0 atom stereocenters. The Kier molecular flexibility index (Phi) is 4.38. The largest absolute Gasteiger partial charge is 0.496 e. The summed E-state index contributed by atoms with van der Waals surface area (Å²) in [6.07, 6.45) is 6.64. The Hall–Kier alpha value is -2.81. The van der Waals surface area contributed by atoms with Gasteiger partial charge in [0.1, 0.15) is 17.2 Å². The van der Waals surface area contributed by atoms with E-state index in [1.807, 2.05) is 36.4 Å². The fraction of sp³-hybridized carbons (Fsp3) is 0.227. The summed E-state index contributed by atoms with van der Waals surface area (Å²) in [6.45, 7) is 0. The van der Waals surface area contributed by atoms with Gasteiger partial charge >= 0.3 is 0 Å². The number of benzene rings is 2. The highest BCUT2D eigenvalue weighted by Gasteiger charge is 2.14. The number of para-hydroxylation sites is 1. The monoisotopic (exact) mass is 331 g/mol. The van der Waals surface area contributed by atoms with Gasteiger partial charge in [-0.2, -0.15) is 0 Å². The van der Waals surface area contributed by atoms with Crippen molar-refractivity contribution < 1.29 is 9.47 Å². The second-order valence-corrected chi connectivity index (χ2v) is 6.29. The van der Waals surface area contributed by atoms with Crippen molar-refractivity contribution in [1.82, 2.24) is 4.98 Å². The minimum atomic E-state index is 0.739. The Morgan fingerprint density at radius 1 is 0.840 bits per heavy atom. The zero-order chi connectivity index (χ0) is 17.1. The van der Waals surface area contributed by atoms with Crippen molar-refractivity contribution >= 4 is 0 Å². The molecule has 0 fully saturated rings. The third-order valence-electron chi connectivity index (χ3n) is 4.68. The minimum absolute atomic E-state index is 0.739. The van der Waals surface area contributed by atoms with E-state index in [4.69, 9.17) is 9.47 Å². The van der Waals surface area contributed by atoms with Crippen molar-refractivity contribution in [2.45, 2.75) is 25.7 Å². The predicted molar refractivity (Wildman–Crippen MR) is 99.4 cm³/mol. The molecule has 0 radical (unpaired) electrons. The van der Waals surface area contributed by atoms with Gasteiger partial charge in [0.05, 0.1) is 7.11 Å². The molecule has 1 aliphatic rings. The summed E-state index contributed by atoms with van der Waals surface area (Å²) < 4.78 is 11.7. The SMILES string of the molecule is COc1ccccc1-c1ncccc1Oc1ccc2c(c1)CCCC2. The summed E-state index contributed by atoms with van der Waals surface area (Å²) in [7, 11) is 1.67. The predicted octanol–water partition coefficient (Wildman–Crippen LogP) is 5.43. The first-order chi connectivity index (χ1) is 12.3. The maximum absolute atomic E-state index is 6.21. The molecule has 3 aromatic rings. The molecule has 0 spiro atoms. The van der Waals surface area contributed by atoms with E-state index in [1.54, 1.807) is 13.3 Å². The molecular formula is C22H21NO2. The first-order valence-corrected chi connectivity index (χ1v) is 8.73. The molecule has 3 heteroatoms. The van der Waals surface area contributed by atoms with Crippen LogP contribution in [0.25, 0.3) is 11.3 Å². The van der Waals surface area contributed by atoms with Crippen LogP contribution < -0.4 is 9.47 Å². The number of hydrogen-bond acceptors (Lipinski definition) is 3. The van der Waals surface area contributed by atoms with E-state index in [0.717, 1.165) is 34.9 Å². The summed E-state index contributed by atoms with van der Waals surface area (Å²) in [5.41, 5.74) is 4.58. The van der Waals surface area contributed by atoms with Crippen LogP contribution >= 0.6 is 0 Å². The molecule has 0 amide bonds. The van der Waals surface area contributed by atoms with Crippen molar-refractivity contribution in [2.24, 2.45) is 0 Å².